The van der Waals surface area contributed by atoms with Crippen LogP contribution in [0.2, 0.25) is 0 Å². The van der Waals surface area contributed by atoms with E-state index in [2.05, 4.69) is 4.84 Å². The van der Waals surface area contributed by atoms with Gasteiger partial charge in [-0.2, -0.15) is 70.2 Å². The molecule has 1 fully saturated rings. The van der Waals surface area contributed by atoms with Gasteiger partial charge in [0.15, 0.2) is 0 Å². The van der Waals surface area contributed by atoms with E-state index in [1.807, 2.05) is 0 Å². The van der Waals surface area contributed by atoms with Crippen molar-refractivity contribution in [1.82, 2.24) is 5.06 Å². The lowest BCUT2D eigenvalue weighted by Crippen LogP contribution is -2.64. The second-order valence-electron chi connectivity index (χ2n) is 4.67. The highest BCUT2D eigenvalue weighted by Crippen LogP contribution is 2.60. The molecular formula is C8HF16NO. The zero-order chi connectivity index (χ0) is 21.4. The van der Waals surface area contributed by atoms with Crippen LogP contribution >= 0.6 is 0 Å². The fraction of sp³-hybridized carbons (Fsp3) is 1.00. The van der Waals surface area contributed by atoms with Gasteiger partial charge in [-0.3, -0.25) is 4.84 Å². The van der Waals surface area contributed by atoms with Gasteiger partial charge >= 0.3 is 42.1 Å². The van der Waals surface area contributed by atoms with Crippen molar-refractivity contribution in [2.75, 3.05) is 0 Å². The summed E-state index contributed by atoms with van der Waals surface area (Å²) in [4.78, 5) is 2.69. The lowest BCUT2D eigenvalue weighted by atomic mass is 10.1. The van der Waals surface area contributed by atoms with Crippen LogP contribution in [0.4, 0.5) is 70.2 Å². The number of hydrogen-bond acceptors (Lipinski definition) is 2. The average molecular weight is 431 g/mol. The molecule has 0 radical (unpaired) electrons. The molecule has 156 valence electrons. The van der Waals surface area contributed by atoms with E-state index in [0.717, 1.165) is 0 Å². The summed E-state index contributed by atoms with van der Waals surface area (Å²) in [5, 5.41) is -2.49. The molecule has 18 heteroatoms. The van der Waals surface area contributed by atoms with E-state index >= 15 is 0 Å². The average Bonchev–Trinajstić information content (AvgIpc) is 3.16. The van der Waals surface area contributed by atoms with Crippen molar-refractivity contribution in [3.8, 4) is 0 Å². The van der Waals surface area contributed by atoms with Gasteiger partial charge in [-0.05, 0) is 0 Å². The normalized spacial score (nSPS) is 24.0. The van der Waals surface area contributed by atoms with Crippen molar-refractivity contribution in [2.24, 2.45) is 0 Å². The second-order valence-corrected chi connectivity index (χ2v) is 4.67. The Kier molecular flexibility index (Phi) is 4.76. The van der Waals surface area contributed by atoms with E-state index in [1.165, 1.54) is 0 Å². The summed E-state index contributed by atoms with van der Waals surface area (Å²) < 4.78 is 199. The summed E-state index contributed by atoms with van der Waals surface area (Å²) in [6, 6.07) is -7.05. The maximum Gasteiger partial charge on any atom is 0.460 e. The summed E-state index contributed by atoms with van der Waals surface area (Å²) in [6.45, 7) is 0. The highest BCUT2D eigenvalue weighted by molar-refractivity contribution is 5.05. The maximum atomic E-state index is 13.1. The van der Waals surface area contributed by atoms with Gasteiger partial charge in [-0.25, -0.2) is 0 Å². The number of alkyl halides is 16. The summed E-state index contributed by atoms with van der Waals surface area (Å²) >= 11 is 0. The number of hydrogen-bond donors (Lipinski definition) is 0. The van der Waals surface area contributed by atoms with E-state index in [1.54, 1.807) is 0 Å². The molecule has 1 aliphatic rings. The van der Waals surface area contributed by atoms with Gasteiger partial charge in [0.05, 0.1) is 0 Å². The van der Waals surface area contributed by atoms with Crippen molar-refractivity contribution in [3.63, 3.8) is 0 Å². The van der Waals surface area contributed by atoms with E-state index in [9.17, 15) is 70.2 Å². The van der Waals surface area contributed by atoms with Crippen LogP contribution in [-0.4, -0.2) is 53.4 Å². The zero-order valence-corrected chi connectivity index (χ0v) is 11.0. The first kappa shape index (κ1) is 22.8. The monoisotopic (exact) mass is 431 g/mol. The summed E-state index contributed by atoms with van der Waals surface area (Å²) in [5.74, 6) is -29.1. The lowest BCUT2D eigenvalue weighted by molar-refractivity contribution is -0.419. The van der Waals surface area contributed by atoms with Crippen LogP contribution in [0.1, 0.15) is 0 Å². The first-order chi connectivity index (χ1) is 11.0. The van der Waals surface area contributed by atoms with Gasteiger partial charge in [-0.15, -0.1) is 0 Å². The Bertz CT molecular complexity index is 545. The molecular weight excluding hydrogens is 430 g/mol. The van der Waals surface area contributed by atoms with Crippen LogP contribution < -0.4 is 0 Å². The predicted octanol–water partition coefficient (Wildman–Crippen LogP) is 4.82. The zero-order valence-electron chi connectivity index (χ0n) is 11.0. The third-order valence-corrected chi connectivity index (χ3v) is 2.87. The Morgan fingerprint density at radius 2 is 0.846 bits per heavy atom. The molecule has 0 amide bonds. The van der Waals surface area contributed by atoms with Crippen LogP contribution in [-0.2, 0) is 4.84 Å². The molecule has 2 nitrogen and oxygen atoms in total. The number of hydroxylamine groups is 2. The van der Waals surface area contributed by atoms with E-state index in [0.29, 0.717) is 0 Å². The number of rotatable bonds is 5. The maximum absolute atomic E-state index is 13.1. The largest absolute Gasteiger partial charge is 0.460 e. The van der Waals surface area contributed by atoms with E-state index in [4.69, 9.17) is 0 Å². The molecule has 0 bridgehead atoms. The molecule has 1 saturated heterocycles. The molecule has 0 aromatic carbocycles. The standard InChI is InChI=1S/C8HF16NO/c9-2(10,3(11,12)6(17,18)19)1-25(26-1)8(23,24)5(15,16)4(13,14)7(20,21)22/h1H. The van der Waals surface area contributed by atoms with Gasteiger partial charge in [-0.1, -0.05) is 5.06 Å². The van der Waals surface area contributed by atoms with E-state index in [-0.39, 0.29) is 0 Å². The second kappa shape index (κ2) is 5.41. The van der Waals surface area contributed by atoms with Gasteiger partial charge in [0.2, 0.25) is 6.23 Å². The Morgan fingerprint density at radius 1 is 0.500 bits per heavy atom. The van der Waals surface area contributed by atoms with Gasteiger partial charge in [0.25, 0.3) is 0 Å². The SMILES string of the molecule is FC(F)(F)C(F)(F)C(F)(F)C1ON1C(F)(F)C(F)(F)C(F)(F)C(F)(F)F. The molecule has 0 aromatic heterocycles. The van der Waals surface area contributed by atoms with E-state index < -0.39 is 53.4 Å². The topological polar surface area (TPSA) is 15.5 Å². The van der Waals surface area contributed by atoms with Gasteiger partial charge in [0, 0.05) is 0 Å². The minimum atomic E-state index is -7.60. The minimum absolute atomic E-state index is 2.49. The molecule has 0 N–H and O–H groups in total. The van der Waals surface area contributed by atoms with Crippen molar-refractivity contribution in [3.05, 3.63) is 0 Å². The van der Waals surface area contributed by atoms with Crippen molar-refractivity contribution < 1.29 is 75.1 Å². The molecule has 0 aromatic rings. The number of halogens is 16. The minimum Gasteiger partial charge on any atom is -0.262 e. The molecule has 2 unspecified atom stereocenters. The van der Waals surface area contributed by atoms with Crippen LogP contribution in [0, 0.1) is 0 Å². The highest BCUT2D eigenvalue weighted by Gasteiger charge is 2.89. The Labute approximate surface area is 130 Å². The Balaban J connectivity index is 3.24. The van der Waals surface area contributed by atoms with Crippen LogP contribution in [0.5, 0.6) is 0 Å². The summed E-state index contributed by atoms with van der Waals surface area (Å²) in [5.41, 5.74) is 0. The molecule has 1 aliphatic heterocycles. The third kappa shape index (κ3) is 2.84. The first-order valence-electron chi connectivity index (χ1n) is 5.46. The molecule has 0 spiro atoms. The molecule has 1 heterocycles. The van der Waals surface area contributed by atoms with Gasteiger partial charge in [0.1, 0.15) is 0 Å². The Morgan fingerprint density at radius 3 is 1.15 bits per heavy atom. The molecule has 26 heavy (non-hydrogen) atoms. The predicted molar refractivity (Wildman–Crippen MR) is 43.6 cm³/mol. The fourth-order valence-electron chi connectivity index (χ4n) is 1.36. The number of nitrogens with zero attached hydrogens (tertiary/aromatic N) is 1. The van der Waals surface area contributed by atoms with Crippen LogP contribution in [0.3, 0.4) is 0 Å². The van der Waals surface area contributed by atoms with Crippen molar-refractivity contribution in [2.45, 2.75) is 48.3 Å². The Hall–Kier alpha value is -1.20. The third-order valence-electron chi connectivity index (χ3n) is 2.87. The molecule has 0 aliphatic carbocycles. The van der Waals surface area contributed by atoms with Crippen LogP contribution in [0.15, 0.2) is 0 Å². The fourth-order valence-corrected chi connectivity index (χ4v) is 1.36. The summed E-state index contributed by atoms with van der Waals surface area (Å²) in [7, 11) is 0. The highest BCUT2D eigenvalue weighted by atomic mass is 19.4. The smallest absolute Gasteiger partial charge is 0.262 e. The van der Waals surface area contributed by atoms with Crippen molar-refractivity contribution >= 4 is 0 Å². The first-order valence-corrected chi connectivity index (χ1v) is 5.46. The summed E-state index contributed by atoms with van der Waals surface area (Å²) in [6.07, 6.45) is -19.1. The lowest BCUT2D eigenvalue weighted by Gasteiger charge is -2.33. The molecule has 2 atom stereocenters. The quantitative estimate of drug-likeness (QED) is 0.353. The van der Waals surface area contributed by atoms with Crippen LogP contribution in [0.25, 0.3) is 0 Å². The van der Waals surface area contributed by atoms with Crippen molar-refractivity contribution in [1.29, 1.82) is 0 Å². The molecule has 1 rings (SSSR count). The van der Waals surface area contributed by atoms with Gasteiger partial charge < -0.3 is 0 Å². The molecule has 0 saturated carbocycles.